The Hall–Kier alpha value is -2.54. The van der Waals surface area contributed by atoms with Gasteiger partial charge in [0, 0.05) is 17.2 Å². The first-order valence-electron chi connectivity index (χ1n) is 7.90. The number of thioether (sulfide) groups is 1. The fourth-order valence-corrected chi connectivity index (χ4v) is 3.51. The van der Waals surface area contributed by atoms with Gasteiger partial charge in [0.05, 0.1) is 11.1 Å². The highest BCUT2D eigenvalue weighted by atomic mass is 32.2. The van der Waals surface area contributed by atoms with Crippen molar-refractivity contribution in [2.24, 2.45) is 10.1 Å². The normalized spacial score (nSPS) is 19.1. The number of carbonyl (C=O) groups is 1. The Morgan fingerprint density at radius 3 is 2.92 bits per heavy atom. The maximum Gasteiger partial charge on any atom is 0.276 e. The largest absolute Gasteiger partial charge is 0.362 e. The van der Waals surface area contributed by atoms with Gasteiger partial charge in [0.1, 0.15) is 5.70 Å². The molecule has 122 valence electrons. The summed E-state index contributed by atoms with van der Waals surface area (Å²) in [5.74, 6) is 0.769. The van der Waals surface area contributed by atoms with Crippen LogP contribution in [0.15, 0.2) is 52.7 Å². The highest BCUT2D eigenvalue weighted by Crippen LogP contribution is 2.29. The third kappa shape index (κ3) is 2.50. The van der Waals surface area contributed by atoms with Gasteiger partial charge in [-0.05, 0) is 24.6 Å². The molecule has 2 N–H and O–H groups in total. The highest BCUT2D eigenvalue weighted by molar-refractivity contribution is 8.13. The monoisotopic (exact) mass is 339 g/mol. The summed E-state index contributed by atoms with van der Waals surface area (Å²) >= 11 is 1.55. The predicted molar refractivity (Wildman–Crippen MR) is 94.3 cm³/mol. The van der Waals surface area contributed by atoms with E-state index in [1.165, 1.54) is 0 Å². The molecule has 0 spiro atoms. The van der Waals surface area contributed by atoms with Crippen LogP contribution in [0.25, 0.3) is 5.70 Å². The molecular weight excluding hydrogens is 322 g/mol. The topological polar surface area (TPSA) is 72.8 Å². The van der Waals surface area contributed by atoms with E-state index in [0.717, 1.165) is 28.4 Å². The molecule has 4 rings (SSSR count). The van der Waals surface area contributed by atoms with Gasteiger partial charge in [0.2, 0.25) is 0 Å². The van der Waals surface area contributed by atoms with Crippen LogP contribution >= 0.6 is 11.8 Å². The Balaban J connectivity index is 1.89. The fraction of sp³-hybridized carbons (Fsp3) is 0.235. The van der Waals surface area contributed by atoms with Crippen LogP contribution in [-0.4, -0.2) is 26.8 Å². The van der Waals surface area contributed by atoms with E-state index in [1.807, 2.05) is 42.6 Å². The van der Waals surface area contributed by atoms with Gasteiger partial charge in [-0.25, -0.2) is 5.01 Å². The molecule has 0 aliphatic carbocycles. The Morgan fingerprint density at radius 1 is 1.25 bits per heavy atom. The summed E-state index contributed by atoms with van der Waals surface area (Å²) in [6.07, 6.45) is 2.50. The number of carbonyl (C=O) groups excluding carboxylic acids is 1. The van der Waals surface area contributed by atoms with Gasteiger partial charge in [0.25, 0.3) is 5.91 Å². The lowest BCUT2D eigenvalue weighted by atomic mass is 10.1. The van der Waals surface area contributed by atoms with E-state index >= 15 is 0 Å². The highest BCUT2D eigenvalue weighted by Gasteiger charge is 2.34. The molecule has 2 aliphatic rings. The number of nitrogens with zero attached hydrogens (tertiary/aromatic N) is 3. The van der Waals surface area contributed by atoms with E-state index in [1.54, 1.807) is 16.8 Å². The molecule has 2 aliphatic heterocycles. The molecular formula is C17H17N5OS. The summed E-state index contributed by atoms with van der Waals surface area (Å²) in [6, 6.07) is 11.6. The van der Waals surface area contributed by atoms with Gasteiger partial charge < -0.3 is 4.98 Å². The number of H-pyrrole nitrogens is 1. The molecule has 0 saturated heterocycles. The van der Waals surface area contributed by atoms with Gasteiger partial charge in [-0.15, -0.1) is 5.10 Å². The Morgan fingerprint density at radius 2 is 2.12 bits per heavy atom. The number of hydrogen-bond acceptors (Lipinski definition) is 5. The molecule has 7 heteroatoms. The lowest BCUT2D eigenvalue weighted by molar-refractivity contribution is -0.116. The van der Waals surface area contributed by atoms with Gasteiger partial charge in [-0.3, -0.25) is 15.1 Å². The average molecular weight is 339 g/mol. The lowest BCUT2D eigenvalue weighted by Gasteiger charge is -2.33. The third-order valence-corrected chi connectivity index (χ3v) is 4.93. The van der Waals surface area contributed by atoms with E-state index in [0.29, 0.717) is 10.9 Å². The fourth-order valence-electron chi connectivity index (χ4n) is 2.80. The van der Waals surface area contributed by atoms with Crippen molar-refractivity contribution in [1.29, 1.82) is 0 Å². The number of amides is 1. The number of benzene rings is 1. The number of para-hydroxylation sites is 1. The minimum atomic E-state index is -0.367. The summed E-state index contributed by atoms with van der Waals surface area (Å²) < 4.78 is 0. The van der Waals surface area contributed by atoms with Gasteiger partial charge in [-0.2, -0.15) is 0 Å². The quantitative estimate of drug-likeness (QED) is 0.885. The van der Waals surface area contributed by atoms with E-state index in [9.17, 15) is 4.79 Å². The summed E-state index contributed by atoms with van der Waals surface area (Å²) in [7, 11) is 0. The van der Waals surface area contributed by atoms with Crippen molar-refractivity contribution in [3.63, 3.8) is 0 Å². The summed E-state index contributed by atoms with van der Waals surface area (Å²) in [5, 5.41) is 11.5. The molecule has 0 bridgehead atoms. The van der Waals surface area contributed by atoms with Crippen LogP contribution in [0.3, 0.4) is 0 Å². The molecule has 6 nitrogen and oxygen atoms in total. The molecule has 0 radical (unpaired) electrons. The number of aromatic nitrogens is 1. The number of nitrogens with one attached hydrogen (secondary N) is 2. The number of amidine groups is 1. The SMILES string of the molecule is CCCSC1=NN2C(=c3ccccc3=N[C@H]2c2ccc[nH]2)C(=O)N1. The number of hydrazone groups is 1. The van der Waals surface area contributed by atoms with E-state index in [2.05, 4.69) is 22.3 Å². The van der Waals surface area contributed by atoms with Crippen LogP contribution in [-0.2, 0) is 4.79 Å². The van der Waals surface area contributed by atoms with E-state index in [4.69, 9.17) is 4.99 Å². The van der Waals surface area contributed by atoms with Crippen LogP contribution in [0.2, 0.25) is 0 Å². The standard InChI is InChI=1S/C17H17N5OS/c1-2-10-24-17-20-16(23)14-11-6-3-4-7-12(11)19-15(22(14)21-17)13-8-5-9-18-13/h3-9,15,18H,2,10H2,1H3,(H,20,21,23)/t15-/m1/s1. The van der Waals surface area contributed by atoms with Crippen molar-refractivity contribution < 1.29 is 4.79 Å². The summed E-state index contributed by atoms with van der Waals surface area (Å²) in [4.78, 5) is 20.7. The Kier molecular flexibility index (Phi) is 3.86. The van der Waals surface area contributed by atoms with Crippen molar-refractivity contribution in [3.8, 4) is 0 Å². The molecule has 0 unspecified atom stereocenters. The molecule has 2 aromatic rings. The lowest BCUT2D eigenvalue weighted by Crippen LogP contribution is -2.50. The van der Waals surface area contributed by atoms with Crippen molar-refractivity contribution >= 4 is 28.5 Å². The molecule has 1 aromatic heterocycles. The first kappa shape index (κ1) is 15.0. The first-order valence-corrected chi connectivity index (χ1v) is 8.89. The zero-order valence-electron chi connectivity index (χ0n) is 13.2. The second-order valence-corrected chi connectivity index (χ2v) is 6.63. The number of hydrogen-bond donors (Lipinski definition) is 2. The molecule has 1 aromatic carbocycles. The number of fused-ring (bicyclic) bond motifs is 2. The van der Waals surface area contributed by atoms with Crippen molar-refractivity contribution in [2.45, 2.75) is 19.5 Å². The van der Waals surface area contributed by atoms with Crippen LogP contribution in [0.4, 0.5) is 0 Å². The van der Waals surface area contributed by atoms with Crippen LogP contribution in [0.1, 0.15) is 25.2 Å². The van der Waals surface area contributed by atoms with E-state index in [-0.39, 0.29) is 12.1 Å². The molecule has 1 amide bonds. The zero-order chi connectivity index (χ0) is 16.5. The van der Waals surface area contributed by atoms with Gasteiger partial charge >= 0.3 is 0 Å². The molecule has 0 saturated carbocycles. The van der Waals surface area contributed by atoms with Gasteiger partial charge in [0.15, 0.2) is 11.3 Å². The minimum absolute atomic E-state index is 0.137. The maximum absolute atomic E-state index is 12.7. The molecule has 1 atom stereocenters. The zero-order valence-corrected chi connectivity index (χ0v) is 14.0. The third-order valence-electron chi connectivity index (χ3n) is 3.86. The van der Waals surface area contributed by atoms with Crippen LogP contribution in [0.5, 0.6) is 0 Å². The van der Waals surface area contributed by atoms with Crippen molar-refractivity contribution in [2.75, 3.05) is 5.75 Å². The van der Waals surface area contributed by atoms with Gasteiger partial charge in [-0.1, -0.05) is 36.9 Å². The molecule has 0 fully saturated rings. The Labute approximate surface area is 143 Å². The van der Waals surface area contributed by atoms with Crippen LogP contribution in [0, 0.1) is 0 Å². The minimum Gasteiger partial charge on any atom is -0.362 e. The second kappa shape index (κ2) is 6.16. The maximum atomic E-state index is 12.7. The van der Waals surface area contributed by atoms with Crippen LogP contribution < -0.4 is 15.9 Å². The van der Waals surface area contributed by atoms with Crippen molar-refractivity contribution in [1.82, 2.24) is 15.3 Å². The predicted octanol–water partition coefficient (Wildman–Crippen LogP) is 1.30. The summed E-state index contributed by atoms with van der Waals surface area (Å²) in [5.41, 5.74) is 1.45. The molecule has 3 heterocycles. The summed E-state index contributed by atoms with van der Waals surface area (Å²) in [6.45, 7) is 2.10. The van der Waals surface area contributed by atoms with Crippen molar-refractivity contribution in [3.05, 3.63) is 58.9 Å². The second-order valence-electron chi connectivity index (χ2n) is 5.55. The first-order chi connectivity index (χ1) is 11.8. The van der Waals surface area contributed by atoms with E-state index < -0.39 is 0 Å². The number of aromatic amines is 1. The Bertz CT molecular complexity index is 919. The molecule has 24 heavy (non-hydrogen) atoms. The average Bonchev–Trinajstić information content (AvgIpc) is 3.13. The number of rotatable bonds is 3. The smallest absolute Gasteiger partial charge is 0.276 e.